The van der Waals surface area contributed by atoms with Gasteiger partial charge in [-0.3, -0.25) is 4.98 Å². The topological polar surface area (TPSA) is 93.4 Å². The number of morpholine rings is 1. The van der Waals surface area contributed by atoms with Gasteiger partial charge >= 0.3 is 0 Å². The van der Waals surface area contributed by atoms with Gasteiger partial charge in [-0.1, -0.05) is 29.8 Å². The third kappa shape index (κ3) is 4.22. The van der Waals surface area contributed by atoms with Crippen LogP contribution in [0.15, 0.2) is 60.2 Å². The van der Waals surface area contributed by atoms with Crippen molar-refractivity contribution in [2.45, 2.75) is 6.92 Å². The first kappa shape index (κ1) is 19.1. The van der Waals surface area contributed by atoms with Crippen molar-refractivity contribution < 1.29 is 4.74 Å². The molecule has 0 aliphatic carbocycles. The number of aryl methyl sites for hydroxylation is 1. The summed E-state index contributed by atoms with van der Waals surface area (Å²) in [6.45, 7) is 4.83. The van der Waals surface area contributed by atoms with Gasteiger partial charge in [0.1, 0.15) is 6.33 Å². The summed E-state index contributed by atoms with van der Waals surface area (Å²) in [4.78, 5) is 20.3. The van der Waals surface area contributed by atoms with Crippen LogP contribution in [-0.4, -0.2) is 57.1 Å². The van der Waals surface area contributed by atoms with E-state index in [2.05, 4.69) is 44.3 Å². The van der Waals surface area contributed by atoms with Gasteiger partial charge in [0.15, 0.2) is 17.0 Å². The van der Waals surface area contributed by atoms with E-state index < -0.39 is 0 Å². The van der Waals surface area contributed by atoms with Crippen molar-refractivity contribution in [3.05, 3.63) is 66.2 Å². The van der Waals surface area contributed by atoms with Crippen molar-refractivity contribution in [3.8, 4) is 0 Å². The van der Waals surface area contributed by atoms with E-state index in [0.29, 0.717) is 36.1 Å². The number of fused-ring (bicyclic) bond motifs is 1. The van der Waals surface area contributed by atoms with Crippen LogP contribution in [0.3, 0.4) is 0 Å². The summed E-state index contributed by atoms with van der Waals surface area (Å²) in [7, 11) is 0. The van der Waals surface area contributed by atoms with Crippen molar-refractivity contribution >= 4 is 34.8 Å². The summed E-state index contributed by atoms with van der Waals surface area (Å²) in [5, 5.41) is 7.92. The number of pyridine rings is 1. The summed E-state index contributed by atoms with van der Waals surface area (Å²) in [6.07, 6.45) is 6.94. The minimum Gasteiger partial charge on any atom is -0.378 e. The second kappa shape index (κ2) is 8.49. The third-order valence-corrected chi connectivity index (χ3v) is 4.96. The van der Waals surface area contributed by atoms with E-state index in [-0.39, 0.29) is 0 Å². The van der Waals surface area contributed by atoms with Crippen LogP contribution in [0.5, 0.6) is 0 Å². The van der Waals surface area contributed by atoms with E-state index in [1.807, 2.05) is 24.3 Å². The van der Waals surface area contributed by atoms with Crippen molar-refractivity contribution in [3.63, 3.8) is 0 Å². The van der Waals surface area contributed by atoms with Gasteiger partial charge in [-0.05, 0) is 24.6 Å². The van der Waals surface area contributed by atoms with Gasteiger partial charge in [-0.25, -0.2) is 9.66 Å². The molecule has 0 unspecified atom stereocenters. The van der Waals surface area contributed by atoms with E-state index >= 15 is 0 Å². The summed E-state index contributed by atoms with van der Waals surface area (Å²) >= 11 is 0. The first-order valence-electron chi connectivity index (χ1n) is 10.1. The van der Waals surface area contributed by atoms with Gasteiger partial charge in [-0.2, -0.15) is 15.1 Å². The molecule has 1 saturated heterocycles. The molecular weight excluding hydrogens is 392 g/mol. The number of rotatable bonds is 5. The zero-order chi connectivity index (χ0) is 21.0. The zero-order valence-electron chi connectivity index (χ0n) is 17.1. The lowest BCUT2D eigenvalue weighted by atomic mass is 10.2. The molecule has 9 heteroatoms. The van der Waals surface area contributed by atoms with Crippen molar-refractivity contribution in [2.24, 2.45) is 5.10 Å². The van der Waals surface area contributed by atoms with Gasteiger partial charge < -0.3 is 15.0 Å². The van der Waals surface area contributed by atoms with Crippen LogP contribution in [0, 0.1) is 6.92 Å². The van der Waals surface area contributed by atoms with Gasteiger partial charge in [0.05, 0.1) is 31.3 Å². The lowest BCUT2D eigenvalue weighted by molar-refractivity contribution is 0.122. The van der Waals surface area contributed by atoms with Crippen LogP contribution in [0.2, 0.25) is 0 Å². The molecule has 0 bridgehead atoms. The average molecular weight is 414 g/mol. The molecule has 0 radical (unpaired) electrons. The Kier molecular flexibility index (Phi) is 5.24. The highest BCUT2D eigenvalue weighted by Gasteiger charge is 2.19. The third-order valence-electron chi connectivity index (χ3n) is 4.96. The molecule has 31 heavy (non-hydrogen) atoms. The molecule has 9 nitrogen and oxygen atoms in total. The quantitative estimate of drug-likeness (QED) is 0.502. The lowest BCUT2D eigenvalue weighted by Gasteiger charge is -2.27. The Balaban J connectivity index is 1.56. The Morgan fingerprint density at radius 1 is 1.13 bits per heavy atom. The number of anilines is 3. The maximum atomic E-state index is 5.48. The molecule has 0 spiro atoms. The van der Waals surface area contributed by atoms with Gasteiger partial charge in [-0.15, -0.1) is 0 Å². The van der Waals surface area contributed by atoms with Crippen LogP contribution in [0.25, 0.3) is 11.2 Å². The Bertz CT molecular complexity index is 1210. The highest BCUT2D eigenvalue weighted by molar-refractivity contribution is 5.87. The normalized spacial score (nSPS) is 14.4. The number of nitrogens with zero attached hydrogens (tertiary/aromatic N) is 7. The molecular formula is C22H22N8O. The van der Waals surface area contributed by atoms with E-state index in [9.17, 15) is 0 Å². The number of hydrogen-bond donors (Lipinski definition) is 1. The van der Waals surface area contributed by atoms with Crippen LogP contribution in [0.1, 0.15) is 11.1 Å². The SMILES string of the molecule is Cc1cccc(C=Nn2cnc3c(Nc4cccnc4)nc(N4CCOCC4)nc32)c1. The molecule has 156 valence electrons. The number of benzene rings is 1. The molecule has 0 saturated carbocycles. The van der Waals surface area contributed by atoms with Crippen molar-refractivity contribution in [1.82, 2.24) is 24.6 Å². The Labute approximate surface area is 179 Å². The molecule has 1 aliphatic heterocycles. The van der Waals surface area contributed by atoms with Crippen LogP contribution in [-0.2, 0) is 4.74 Å². The number of imidazole rings is 1. The number of aromatic nitrogens is 5. The van der Waals surface area contributed by atoms with Crippen LogP contribution < -0.4 is 10.2 Å². The van der Waals surface area contributed by atoms with Gasteiger partial charge in [0.25, 0.3) is 0 Å². The highest BCUT2D eigenvalue weighted by atomic mass is 16.5. The standard InChI is InChI=1S/C22H22N8O/c1-16-4-2-5-17(12-16)13-25-30-15-24-19-20(26-18-6-3-7-23-14-18)27-22(28-21(19)30)29-8-10-31-11-9-29/h2-7,12-15H,8-11H2,1H3,(H,26,27,28). The van der Waals surface area contributed by atoms with E-state index in [1.165, 1.54) is 5.56 Å². The highest BCUT2D eigenvalue weighted by Crippen LogP contribution is 2.25. The summed E-state index contributed by atoms with van der Waals surface area (Å²) in [5.74, 6) is 1.23. The molecule has 3 aromatic heterocycles. The minimum atomic E-state index is 0.615. The van der Waals surface area contributed by atoms with E-state index in [1.54, 1.807) is 29.6 Å². The average Bonchev–Trinajstić information content (AvgIpc) is 3.22. The number of hydrogen-bond acceptors (Lipinski definition) is 8. The maximum absolute atomic E-state index is 5.48. The fourth-order valence-corrected chi connectivity index (χ4v) is 3.41. The molecule has 1 N–H and O–H groups in total. The Morgan fingerprint density at radius 3 is 2.84 bits per heavy atom. The fraction of sp³-hybridized carbons (Fsp3) is 0.227. The smallest absolute Gasteiger partial charge is 0.229 e. The van der Waals surface area contributed by atoms with Crippen LogP contribution in [0.4, 0.5) is 17.5 Å². The summed E-state index contributed by atoms with van der Waals surface area (Å²) in [5.41, 5.74) is 4.29. The van der Waals surface area contributed by atoms with E-state index in [4.69, 9.17) is 14.7 Å². The second-order valence-electron chi connectivity index (χ2n) is 7.26. The summed E-state index contributed by atoms with van der Waals surface area (Å²) < 4.78 is 7.16. The molecule has 4 heterocycles. The van der Waals surface area contributed by atoms with Crippen molar-refractivity contribution in [1.29, 1.82) is 0 Å². The molecule has 1 aromatic carbocycles. The second-order valence-corrected chi connectivity index (χ2v) is 7.26. The van der Waals surface area contributed by atoms with Gasteiger partial charge in [0, 0.05) is 19.3 Å². The number of ether oxygens (including phenoxy) is 1. The predicted molar refractivity (Wildman–Crippen MR) is 120 cm³/mol. The maximum Gasteiger partial charge on any atom is 0.229 e. The lowest BCUT2D eigenvalue weighted by Crippen LogP contribution is -2.37. The molecule has 5 rings (SSSR count). The van der Waals surface area contributed by atoms with Crippen LogP contribution >= 0.6 is 0 Å². The molecule has 0 atom stereocenters. The zero-order valence-corrected chi connectivity index (χ0v) is 17.1. The fourth-order valence-electron chi connectivity index (χ4n) is 3.41. The number of nitrogens with one attached hydrogen (secondary N) is 1. The Morgan fingerprint density at radius 2 is 2.03 bits per heavy atom. The first-order chi connectivity index (χ1) is 15.3. The summed E-state index contributed by atoms with van der Waals surface area (Å²) in [6, 6.07) is 12.0. The molecule has 0 amide bonds. The largest absolute Gasteiger partial charge is 0.378 e. The monoisotopic (exact) mass is 414 g/mol. The predicted octanol–water partition coefficient (Wildman–Crippen LogP) is 2.99. The molecule has 1 aliphatic rings. The Hall–Kier alpha value is -3.85. The van der Waals surface area contributed by atoms with E-state index in [0.717, 1.165) is 24.3 Å². The molecule has 1 fully saturated rings. The van der Waals surface area contributed by atoms with Gasteiger partial charge in [0.2, 0.25) is 5.95 Å². The van der Waals surface area contributed by atoms with Crippen molar-refractivity contribution in [2.75, 3.05) is 36.5 Å². The minimum absolute atomic E-state index is 0.615. The first-order valence-corrected chi connectivity index (χ1v) is 10.1. The molecule has 4 aromatic rings.